The van der Waals surface area contributed by atoms with Crippen LogP contribution in [-0.2, 0) is 19.1 Å². The van der Waals surface area contributed by atoms with Gasteiger partial charge in [-0.05, 0) is 69.6 Å². The summed E-state index contributed by atoms with van der Waals surface area (Å²) in [6.07, 6.45) is 6.02. The summed E-state index contributed by atoms with van der Waals surface area (Å²) < 4.78 is 24.9. The van der Waals surface area contributed by atoms with Crippen molar-refractivity contribution >= 4 is 34.6 Å². The molecule has 41 heavy (non-hydrogen) atoms. The quantitative estimate of drug-likeness (QED) is 0.438. The topological polar surface area (TPSA) is 130 Å². The number of aromatic nitrogens is 1. The molecule has 1 aromatic heterocycles. The summed E-state index contributed by atoms with van der Waals surface area (Å²) >= 11 is 0. The number of halogens is 1. The Kier molecular flexibility index (Phi) is 7.74. The van der Waals surface area contributed by atoms with Crippen molar-refractivity contribution in [2.45, 2.75) is 82.8 Å². The number of rotatable bonds is 7. The lowest BCUT2D eigenvalue weighted by Gasteiger charge is -2.32. The van der Waals surface area contributed by atoms with E-state index in [2.05, 4.69) is 15.6 Å². The van der Waals surface area contributed by atoms with Crippen LogP contribution in [0.4, 0.5) is 4.39 Å². The molecule has 11 heteroatoms. The number of benzene rings is 1. The number of H-pyrrole nitrogens is 1. The Bertz CT molecular complexity index is 1360. The highest BCUT2D eigenvalue weighted by Gasteiger charge is 2.50. The number of aromatic amines is 1. The van der Waals surface area contributed by atoms with Crippen molar-refractivity contribution in [2.24, 2.45) is 11.3 Å². The van der Waals surface area contributed by atoms with E-state index in [9.17, 15) is 23.6 Å². The minimum absolute atomic E-state index is 0.0978. The average molecular weight is 571 g/mol. The molecule has 3 aliphatic rings. The summed E-state index contributed by atoms with van der Waals surface area (Å²) in [6, 6.07) is 2.45. The molecule has 3 amide bonds. The number of carbonyl (C=O) groups excluding carboxylic acids is 4. The molecule has 0 radical (unpaired) electrons. The lowest BCUT2D eigenvalue weighted by atomic mass is 9.72. The van der Waals surface area contributed by atoms with E-state index in [1.807, 2.05) is 13.8 Å². The minimum Gasteiger partial charge on any atom is -0.496 e. The molecule has 1 aromatic carbocycles. The number of amides is 3. The molecule has 2 saturated heterocycles. The molecular formula is C30H39FN4O6. The summed E-state index contributed by atoms with van der Waals surface area (Å²) in [5.74, 6) is -2.24. The molecule has 3 N–H and O–H groups in total. The SMILES string of the molecule is COC(=O)[C@H](C[C@@H]1CC(C)(C)NC1=O)NC(=O)C1CC2(CCCCC2)CN1C(=O)c1cc2c(OC)ccc(F)c2[nH]1. The molecule has 1 unspecified atom stereocenters. The number of nitrogens with zero attached hydrogens (tertiary/aromatic N) is 1. The molecule has 2 aliphatic heterocycles. The van der Waals surface area contributed by atoms with E-state index in [1.165, 1.54) is 26.4 Å². The van der Waals surface area contributed by atoms with Crippen LogP contribution in [0.15, 0.2) is 18.2 Å². The van der Waals surface area contributed by atoms with E-state index in [-0.39, 0.29) is 29.0 Å². The number of hydrogen-bond acceptors (Lipinski definition) is 6. The van der Waals surface area contributed by atoms with Gasteiger partial charge in [0.25, 0.3) is 5.91 Å². The highest BCUT2D eigenvalue weighted by atomic mass is 19.1. The first-order valence-corrected chi connectivity index (χ1v) is 14.3. The minimum atomic E-state index is -1.04. The van der Waals surface area contributed by atoms with E-state index >= 15 is 0 Å². The Hall–Kier alpha value is -3.63. The normalized spacial score (nSPS) is 23.8. The maximum absolute atomic E-state index is 14.6. The van der Waals surface area contributed by atoms with Crippen molar-refractivity contribution in [1.29, 1.82) is 0 Å². The molecule has 1 aliphatic carbocycles. The van der Waals surface area contributed by atoms with Gasteiger partial charge in [0.15, 0.2) is 0 Å². The second-order valence-electron chi connectivity index (χ2n) is 12.5. The zero-order valence-electron chi connectivity index (χ0n) is 24.1. The molecule has 10 nitrogen and oxygen atoms in total. The number of ether oxygens (including phenoxy) is 2. The average Bonchev–Trinajstić information content (AvgIpc) is 3.62. The summed E-state index contributed by atoms with van der Waals surface area (Å²) in [4.78, 5) is 57.5. The van der Waals surface area contributed by atoms with Gasteiger partial charge in [0.1, 0.15) is 29.3 Å². The Morgan fingerprint density at radius 1 is 1.15 bits per heavy atom. The molecule has 0 bridgehead atoms. The molecule has 3 fully saturated rings. The van der Waals surface area contributed by atoms with Gasteiger partial charge in [-0.3, -0.25) is 14.4 Å². The maximum atomic E-state index is 14.6. The molecule has 2 aromatic rings. The van der Waals surface area contributed by atoms with E-state index in [0.717, 1.165) is 32.1 Å². The zero-order valence-corrected chi connectivity index (χ0v) is 24.1. The first-order valence-electron chi connectivity index (χ1n) is 14.3. The molecule has 3 heterocycles. The number of carbonyl (C=O) groups is 4. The van der Waals surface area contributed by atoms with E-state index in [4.69, 9.17) is 9.47 Å². The Balaban J connectivity index is 1.42. The van der Waals surface area contributed by atoms with Crippen molar-refractivity contribution in [3.63, 3.8) is 0 Å². The van der Waals surface area contributed by atoms with Gasteiger partial charge in [-0.1, -0.05) is 19.3 Å². The van der Waals surface area contributed by atoms with Gasteiger partial charge in [0.2, 0.25) is 11.8 Å². The third kappa shape index (κ3) is 5.63. The molecule has 3 atom stereocenters. The van der Waals surface area contributed by atoms with Crippen molar-refractivity contribution in [3.05, 3.63) is 29.7 Å². The second-order valence-corrected chi connectivity index (χ2v) is 12.5. The summed E-state index contributed by atoms with van der Waals surface area (Å²) in [6.45, 7) is 4.21. The summed E-state index contributed by atoms with van der Waals surface area (Å²) in [7, 11) is 2.72. The molecule has 5 rings (SSSR count). The van der Waals surface area contributed by atoms with Crippen LogP contribution in [0.2, 0.25) is 0 Å². The molecule has 1 saturated carbocycles. The standard InChI is InChI=1S/C30H39FN4O6/c1-29(2)14-17(25(36)34-29)12-21(28(39)41-4)33-26(37)22-15-30(10-6-5-7-11-30)16-35(22)27(38)20-13-18-23(40-3)9-8-19(31)24(18)32-20/h8-9,13,17,21-22,32H,5-7,10-12,14-16H2,1-4H3,(H,33,37)(H,34,36)/t17-,21+,22?/m1/s1. The molecule has 222 valence electrons. The predicted molar refractivity (Wildman–Crippen MR) is 149 cm³/mol. The number of fused-ring (bicyclic) bond motifs is 1. The van der Waals surface area contributed by atoms with Gasteiger partial charge >= 0.3 is 5.97 Å². The van der Waals surface area contributed by atoms with Gasteiger partial charge in [-0.25, -0.2) is 9.18 Å². The number of likely N-dealkylation sites (tertiary alicyclic amines) is 1. The molecular weight excluding hydrogens is 531 g/mol. The van der Waals surface area contributed by atoms with Crippen LogP contribution in [0.25, 0.3) is 10.9 Å². The van der Waals surface area contributed by atoms with Gasteiger partial charge in [-0.2, -0.15) is 0 Å². The van der Waals surface area contributed by atoms with Gasteiger partial charge in [0, 0.05) is 23.4 Å². The smallest absolute Gasteiger partial charge is 0.328 e. The van der Waals surface area contributed by atoms with Crippen LogP contribution in [0.5, 0.6) is 5.75 Å². The van der Waals surface area contributed by atoms with Crippen molar-refractivity contribution in [2.75, 3.05) is 20.8 Å². The summed E-state index contributed by atoms with van der Waals surface area (Å²) in [5.41, 5.74) is -0.302. The first kappa shape index (κ1) is 28.9. The fraction of sp³-hybridized carbons (Fsp3) is 0.600. The van der Waals surface area contributed by atoms with Crippen LogP contribution in [0.3, 0.4) is 0 Å². The fourth-order valence-corrected chi connectivity index (χ4v) is 7.07. The predicted octanol–water partition coefficient (Wildman–Crippen LogP) is 3.44. The highest BCUT2D eigenvalue weighted by Crippen LogP contribution is 2.47. The highest BCUT2D eigenvalue weighted by molar-refractivity contribution is 6.02. The van der Waals surface area contributed by atoms with Crippen LogP contribution in [0, 0.1) is 17.2 Å². The van der Waals surface area contributed by atoms with Crippen molar-refractivity contribution in [3.8, 4) is 5.75 Å². The van der Waals surface area contributed by atoms with Crippen molar-refractivity contribution < 1.29 is 33.0 Å². The van der Waals surface area contributed by atoms with Crippen LogP contribution in [0.1, 0.15) is 75.7 Å². The van der Waals surface area contributed by atoms with E-state index in [1.54, 1.807) is 11.0 Å². The number of esters is 1. The van der Waals surface area contributed by atoms with Gasteiger partial charge in [0.05, 0.1) is 19.7 Å². The Morgan fingerprint density at radius 2 is 1.88 bits per heavy atom. The first-order chi connectivity index (χ1) is 19.5. The third-order valence-electron chi connectivity index (χ3n) is 9.05. The number of hydrogen-bond donors (Lipinski definition) is 3. The maximum Gasteiger partial charge on any atom is 0.328 e. The monoisotopic (exact) mass is 570 g/mol. The van der Waals surface area contributed by atoms with Crippen LogP contribution >= 0.6 is 0 Å². The van der Waals surface area contributed by atoms with E-state index < -0.39 is 47.1 Å². The summed E-state index contributed by atoms with van der Waals surface area (Å²) in [5, 5.41) is 6.18. The third-order valence-corrected chi connectivity index (χ3v) is 9.05. The number of nitrogens with one attached hydrogen (secondary N) is 3. The fourth-order valence-electron chi connectivity index (χ4n) is 7.07. The second kappa shape index (κ2) is 11.0. The molecule has 1 spiro atoms. The van der Waals surface area contributed by atoms with Crippen LogP contribution in [-0.4, -0.2) is 72.0 Å². The van der Waals surface area contributed by atoms with Gasteiger partial charge in [-0.15, -0.1) is 0 Å². The zero-order chi connectivity index (χ0) is 29.5. The Labute approximate surface area is 238 Å². The van der Waals surface area contributed by atoms with Gasteiger partial charge < -0.3 is 30.0 Å². The Morgan fingerprint density at radius 3 is 2.51 bits per heavy atom. The van der Waals surface area contributed by atoms with E-state index in [0.29, 0.717) is 30.5 Å². The largest absolute Gasteiger partial charge is 0.496 e. The number of methoxy groups -OCH3 is 2. The van der Waals surface area contributed by atoms with Crippen molar-refractivity contribution in [1.82, 2.24) is 20.5 Å². The lowest BCUT2D eigenvalue weighted by Crippen LogP contribution is -2.51. The lowest BCUT2D eigenvalue weighted by molar-refractivity contribution is -0.146. The van der Waals surface area contributed by atoms with Crippen LogP contribution < -0.4 is 15.4 Å².